The maximum absolute atomic E-state index is 13.2. The van der Waals surface area contributed by atoms with E-state index in [1.807, 2.05) is 20.8 Å². The van der Waals surface area contributed by atoms with Gasteiger partial charge < -0.3 is 15.0 Å². The van der Waals surface area contributed by atoms with Crippen molar-refractivity contribution in [3.63, 3.8) is 0 Å². The molecule has 2 atom stereocenters. The molecule has 2 amide bonds. The predicted molar refractivity (Wildman–Crippen MR) is 135 cm³/mol. The second-order valence-electron chi connectivity index (χ2n) is 7.91. The van der Waals surface area contributed by atoms with Crippen LogP contribution in [0, 0.1) is 0 Å². The number of halogens is 3. The first kappa shape index (κ1) is 27.3. The van der Waals surface area contributed by atoms with Crippen molar-refractivity contribution >= 4 is 46.6 Å². The van der Waals surface area contributed by atoms with Crippen molar-refractivity contribution in [3.05, 3.63) is 63.1 Å². The van der Waals surface area contributed by atoms with Crippen molar-refractivity contribution in [2.45, 2.75) is 65.1 Å². The fourth-order valence-electron chi connectivity index (χ4n) is 3.28. The summed E-state index contributed by atoms with van der Waals surface area (Å²) in [6.07, 6.45) is 2.04. The summed E-state index contributed by atoms with van der Waals surface area (Å²) in [5.74, 6) is 0.394. The molecule has 0 aliphatic carbocycles. The van der Waals surface area contributed by atoms with Crippen LogP contribution in [-0.2, 0) is 16.1 Å². The highest BCUT2D eigenvalue weighted by atomic mass is 35.5. The zero-order chi connectivity index (χ0) is 24.4. The highest BCUT2D eigenvalue weighted by molar-refractivity contribution is 6.35. The van der Waals surface area contributed by atoms with Crippen molar-refractivity contribution in [2.75, 3.05) is 6.61 Å². The van der Waals surface area contributed by atoms with Crippen LogP contribution < -0.4 is 10.1 Å². The number of amides is 2. The van der Waals surface area contributed by atoms with Crippen LogP contribution in [-0.4, -0.2) is 35.4 Å². The Kier molecular flexibility index (Phi) is 11.3. The van der Waals surface area contributed by atoms with Gasteiger partial charge in [-0.05, 0) is 68.1 Å². The van der Waals surface area contributed by atoms with Crippen molar-refractivity contribution < 1.29 is 14.3 Å². The molecule has 0 aliphatic heterocycles. The Bertz CT molecular complexity index is 922. The Morgan fingerprint density at radius 1 is 1.00 bits per heavy atom. The van der Waals surface area contributed by atoms with Crippen molar-refractivity contribution in [1.82, 2.24) is 10.2 Å². The normalized spacial score (nSPS) is 12.7. The molecule has 2 aromatic rings. The molecule has 0 bridgehead atoms. The monoisotopic (exact) mass is 512 g/mol. The molecule has 0 radical (unpaired) electrons. The minimum Gasteiger partial charge on any atom is -0.494 e. The third kappa shape index (κ3) is 8.73. The molecule has 5 nitrogen and oxygen atoms in total. The van der Waals surface area contributed by atoms with Crippen LogP contribution in [0.5, 0.6) is 5.75 Å². The Hall–Kier alpha value is -1.95. The van der Waals surface area contributed by atoms with E-state index in [9.17, 15) is 9.59 Å². The van der Waals surface area contributed by atoms with Gasteiger partial charge in [-0.2, -0.15) is 0 Å². The fraction of sp³-hybridized carbons (Fsp3) is 0.440. The number of hydrogen-bond acceptors (Lipinski definition) is 3. The molecular weight excluding hydrogens is 483 g/mol. The highest BCUT2D eigenvalue weighted by Crippen LogP contribution is 2.24. The molecule has 0 spiro atoms. The fourth-order valence-corrected chi connectivity index (χ4v) is 3.88. The summed E-state index contributed by atoms with van der Waals surface area (Å²) in [6.45, 7) is 6.44. The number of nitrogens with zero attached hydrogens (tertiary/aromatic N) is 1. The maximum atomic E-state index is 13.2. The largest absolute Gasteiger partial charge is 0.494 e. The first-order valence-corrected chi connectivity index (χ1v) is 12.3. The summed E-state index contributed by atoms with van der Waals surface area (Å²) in [6, 6.07) is 11.6. The first-order chi connectivity index (χ1) is 15.7. The molecule has 2 aromatic carbocycles. The van der Waals surface area contributed by atoms with Gasteiger partial charge in [0.05, 0.1) is 6.61 Å². The minimum absolute atomic E-state index is 0.0235. The summed E-state index contributed by atoms with van der Waals surface area (Å²) < 4.78 is 5.70. The number of nitrogens with one attached hydrogen (secondary N) is 1. The molecule has 2 rings (SSSR count). The predicted octanol–water partition coefficient (Wildman–Crippen LogP) is 6.53. The van der Waals surface area contributed by atoms with Gasteiger partial charge in [0.25, 0.3) is 0 Å². The topological polar surface area (TPSA) is 58.6 Å². The van der Waals surface area contributed by atoms with Gasteiger partial charge >= 0.3 is 0 Å². The summed E-state index contributed by atoms with van der Waals surface area (Å²) >= 11 is 18.3. The molecule has 33 heavy (non-hydrogen) atoms. The maximum Gasteiger partial charge on any atom is 0.243 e. The van der Waals surface area contributed by atoms with E-state index in [1.54, 1.807) is 47.4 Å². The standard InChI is InChI=1S/C25H31Cl3N2O3/c1-4-17(3)29-25(32)23(5-2)30(16-18-8-9-20(27)15-22(18)28)24(31)7-6-14-33-21-12-10-19(26)11-13-21/h8-13,15,17,23H,4-7,14,16H2,1-3H3,(H,29,32). The van der Waals surface area contributed by atoms with Gasteiger partial charge in [0.1, 0.15) is 11.8 Å². The van der Waals surface area contributed by atoms with Crippen molar-refractivity contribution in [1.29, 1.82) is 0 Å². The summed E-state index contributed by atoms with van der Waals surface area (Å²) in [4.78, 5) is 27.8. The molecule has 180 valence electrons. The molecule has 0 heterocycles. The smallest absolute Gasteiger partial charge is 0.243 e. The number of benzene rings is 2. The van der Waals surface area contributed by atoms with Crippen LogP contribution >= 0.6 is 34.8 Å². The lowest BCUT2D eigenvalue weighted by Gasteiger charge is -2.32. The average molecular weight is 514 g/mol. The van der Waals surface area contributed by atoms with Gasteiger partial charge in [0.2, 0.25) is 11.8 Å². The van der Waals surface area contributed by atoms with Crippen molar-refractivity contribution in [3.8, 4) is 5.75 Å². The second kappa shape index (κ2) is 13.7. The lowest BCUT2D eigenvalue weighted by molar-refractivity contribution is -0.141. The van der Waals surface area contributed by atoms with E-state index in [0.29, 0.717) is 40.3 Å². The van der Waals surface area contributed by atoms with Gasteiger partial charge in [0.15, 0.2) is 0 Å². The van der Waals surface area contributed by atoms with Gasteiger partial charge in [-0.3, -0.25) is 9.59 Å². The van der Waals surface area contributed by atoms with Crippen LogP contribution in [0.4, 0.5) is 0 Å². The highest BCUT2D eigenvalue weighted by Gasteiger charge is 2.29. The van der Waals surface area contributed by atoms with E-state index in [4.69, 9.17) is 39.5 Å². The third-order valence-electron chi connectivity index (χ3n) is 5.36. The van der Waals surface area contributed by atoms with Gasteiger partial charge in [0, 0.05) is 34.1 Å². The summed E-state index contributed by atoms with van der Waals surface area (Å²) in [5, 5.41) is 4.61. The molecule has 0 saturated carbocycles. The van der Waals surface area contributed by atoms with E-state index < -0.39 is 6.04 Å². The Morgan fingerprint density at radius 3 is 2.27 bits per heavy atom. The van der Waals surface area contributed by atoms with Crippen LogP contribution in [0.3, 0.4) is 0 Å². The Labute approximate surface area is 211 Å². The molecule has 0 aromatic heterocycles. The lowest BCUT2D eigenvalue weighted by atomic mass is 10.1. The van der Waals surface area contributed by atoms with Crippen molar-refractivity contribution in [2.24, 2.45) is 0 Å². The molecule has 0 saturated heterocycles. The van der Waals surface area contributed by atoms with Gasteiger partial charge in [-0.15, -0.1) is 0 Å². The molecule has 0 fully saturated rings. The third-order valence-corrected chi connectivity index (χ3v) is 6.20. The molecular formula is C25H31Cl3N2O3. The first-order valence-electron chi connectivity index (χ1n) is 11.2. The van der Waals surface area contributed by atoms with Crippen LogP contribution in [0.1, 0.15) is 52.0 Å². The molecule has 8 heteroatoms. The lowest BCUT2D eigenvalue weighted by Crippen LogP contribution is -2.50. The number of carbonyl (C=O) groups excluding carboxylic acids is 2. The van der Waals surface area contributed by atoms with E-state index in [1.165, 1.54) is 0 Å². The zero-order valence-corrected chi connectivity index (χ0v) is 21.5. The number of ether oxygens (including phenoxy) is 1. The summed E-state index contributed by atoms with van der Waals surface area (Å²) in [7, 11) is 0. The molecule has 2 unspecified atom stereocenters. The van der Waals surface area contributed by atoms with Crippen LogP contribution in [0.25, 0.3) is 0 Å². The van der Waals surface area contributed by atoms with E-state index in [-0.39, 0.29) is 30.8 Å². The van der Waals surface area contributed by atoms with Crippen LogP contribution in [0.15, 0.2) is 42.5 Å². The second-order valence-corrected chi connectivity index (χ2v) is 9.19. The zero-order valence-electron chi connectivity index (χ0n) is 19.2. The Balaban J connectivity index is 2.10. The van der Waals surface area contributed by atoms with E-state index in [0.717, 1.165) is 12.0 Å². The number of carbonyl (C=O) groups is 2. The number of rotatable bonds is 12. The van der Waals surface area contributed by atoms with Gasteiger partial charge in [-0.25, -0.2) is 0 Å². The van der Waals surface area contributed by atoms with Crippen LogP contribution in [0.2, 0.25) is 15.1 Å². The van der Waals surface area contributed by atoms with E-state index in [2.05, 4.69) is 5.32 Å². The molecule has 0 aliphatic rings. The molecule has 1 N–H and O–H groups in total. The Morgan fingerprint density at radius 2 is 1.67 bits per heavy atom. The minimum atomic E-state index is -0.601. The quantitative estimate of drug-likeness (QED) is 0.328. The van der Waals surface area contributed by atoms with E-state index >= 15 is 0 Å². The average Bonchev–Trinajstić information content (AvgIpc) is 2.78. The SMILES string of the molecule is CCC(C)NC(=O)C(CC)N(Cc1ccc(Cl)cc1Cl)C(=O)CCCOc1ccc(Cl)cc1. The number of hydrogen-bond donors (Lipinski definition) is 1. The van der Waals surface area contributed by atoms with Gasteiger partial charge in [-0.1, -0.05) is 54.7 Å². The summed E-state index contributed by atoms with van der Waals surface area (Å²) in [5.41, 5.74) is 0.738.